The van der Waals surface area contributed by atoms with Crippen LogP contribution in [0.25, 0.3) is 11.3 Å². The molecule has 1 aromatic heterocycles. The normalized spacial score (nSPS) is 19.1. The van der Waals surface area contributed by atoms with Crippen molar-refractivity contribution in [2.45, 2.75) is 26.3 Å². The summed E-state index contributed by atoms with van der Waals surface area (Å²) in [5.74, 6) is 2.01. The van der Waals surface area contributed by atoms with Crippen LogP contribution < -0.4 is 0 Å². The molecule has 0 saturated carbocycles. The van der Waals surface area contributed by atoms with Gasteiger partial charge in [0, 0.05) is 29.2 Å². The van der Waals surface area contributed by atoms with Crippen LogP contribution in [0.2, 0.25) is 0 Å². The molecule has 3 rings (SSSR count). The maximum atomic E-state index is 4.73. The van der Waals surface area contributed by atoms with E-state index in [-0.39, 0.29) is 0 Å². The number of hydrogen-bond acceptors (Lipinski definition) is 1. The Morgan fingerprint density at radius 2 is 2.06 bits per heavy atom. The summed E-state index contributed by atoms with van der Waals surface area (Å²) in [7, 11) is 0. The second-order valence-electron chi connectivity index (χ2n) is 4.85. The number of rotatable bonds is 1. The highest BCUT2D eigenvalue weighted by Crippen LogP contribution is 2.25. The molecule has 0 fully saturated rings. The Hall–Kier alpha value is -1.09. The van der Waals surface area contributed by atoms with Crippen LogP contribution in [0.4, 0.5) is 0 Å². The fourth-order valence-electron chi connectivity index (χ4n) is 2.37. The minimum absolute atomic E-state index is 0.773. The lowest BCUT2D eigenvalue weighted by molar-refractivity contribution is 0.394. The summed E-state index contributed by atoms with van der Waals surface area (Å²) in [5, 5.41) is 0. The average molecular weight is 291 g/mol. The van der Waals surface area contributed by atoms with Gasteiger partial charge in [0.2, 0.25) is 0 Å². The van der Waals surface area contributed by atoms with Crippen molar-refractivity contribution in [2.75, 3.05) is 0 Å². The Kier molecular flexibility index (Phi) is 2.79. The van der Waals surface area contributed by atoms with Crippen molar-refractivity contribution in [1.29, 1.82) is 0 Å². The number of halogens is 1. The molecule has 17 heavy (non-hydrogen) atoms. The Labute approximate surface area is 110 Å². The van der Waals surface area contributed by atoms with Gasteiger partial charge in [-0.2, -0.15) is 0 Å². The van der Waals surface area contributed by atoms with E-state index < -0.39 is 0 Å². The number of benzene rings is 1. The first-order valence-corrected chi connectivity index (χ1v) is 6.83. The van der Waals surface area contributed by atoms with E-state index in [0.29, 0.717) is 0 Å². The van der Waals surface area contributed by atoms with Crippen molar-refractivity contribution in [1.82, 2.24) is 9.55 Å². The van der Waals surface area contributed by atoms with E-state index in [1.54, 1.807) is 0 Å². The molecule has 2 nitrogen and oxygen atoms in total. The molecule has 0 radical (unpaired) electrons. The second-order valence-corrected chi connectivity index (χ2v) is 5.76. The monoisotopic (exact) mass is 290 g/mol. The lowest BCUT2D eigenvalue weighted by Gasteiger charge is -2.19. The molecule has 0 amide bonds. The van der Waals surface area contributed by atoms with E-state index in [2.05, 4.69) is 57.9 Å². The molecule has 1 unspecified atom stereocenters. The lowest BCUT2D eigenvalue weighted by atomic mass is 10.0. The van der Waals surface area contributed by atoms with Gasteiger partial charge in [-0.1, -0.05) is 35.0 Å². The maximum Gasteiger partial charge on any atom is 0.109 e. The first-order valence-electron chi connectivity index (χ1n) is 6.04. The summed E-state index contributed by atoms with van der Waals surface area (Å²) in [5.41, 5.74) is 2.30. The standard InChI is InChI=1S/C14H15BrN2/c1-10-2-7-14-16-13(9-17(14)8-10)11-3-5-12(15)6-4-11/h3-6,9-10H,2,7-8H2,1H3. The topological polar surface area (TPSA) is 17.8 Å². The molecule has 1 atom stereocenters. The van der Waals surface area contributed by atoms with Crippen LogP contribution in [0.5, 0.6) is 0 Å². The Morgan fingerprint density at radius 3 is 2.82 bits per heavy atom. The van der Waals surface area contributed by atoms with Crippen LogP contribution in [0, 0.1) is 5.92 Å². The molecule has 0 bridgehead atoms. The van der Waals surface area contributed by atoms with Crippen molar-refractivity contribution in [3.05, 3.63) is 40.8 Å². The molecule has 2 heterocycles. The first-order chi connectivity index (χ1) is 8.22. The molecule has 0 aliphatic carbocycles. The van der Waals surface area contributed by atoms with Gasteiger partial charge in [0.25, 0.3) is 0 Å². The number of fused-ring (bicyclic) bond motifs is 1. The van der Waals surface area contributed by atoms with Crippen molar-refractivity contribution in [3.8, 4) is 11.3 Å². The van der Waals surface area contributed by atoms with E-state index in [9.17, 15) is 0 Å². The molecule has 0 N–H and O–H groups in total. The SMILES string of the molecule is CC1CCc2nc(-c3ccc(Br)cc3)cn2C1. The number of hydrogen-bond donors (Lipinski definition) is 0. The van der Waals surface area contributed by atoms with Crippen molar-refractivity contribution in [2.24, 2.45) is 5.92 Å². The smallest absolute Gasteiger partial charge is 0.109 e. The zero-order valence-corrected chi connectivity index (χ0v) is 11.4. The van der Waals surface area contributed by atoms with Gasteiger partial charge in [-0.15, -0.1) is 0 Å². The van der Waals surface area contributed by atoms with Gasteiger partial charge in [-0.25, -0.2) is 4.98 Å². The third-order valence-corrected chi connectivity index (χ3v) is 3.90. The predicted octanol–water partition coefficient (Wildman–Crippen LogP) is 3.89. The molecular formula is C14H15BrN2. The fourth-order valence-corrected chi connectivity index (χ4v) is 2.64. The van der Waals surface area contributed by atoms with Gasteiger partial charge in [-0.05, 0) is 24.5 Å². The third kappa shape index (κ3) is 2.16. The number of imidazole rings is 1. The molecule has 0 spiro atoms. The molecule has 1 aliphatic rings. The maximum absolute atomic E-state index is 4.73. The van der Waals surface area contributed by atoms with Crippen LogP contribution in [0.3, 0.4) is 0 Å². The van der Waals surface area contributed by atoms with Crippen LogP contribution >= 0.6 is 15.9 Å². The van der Waals surface area contributed by atoms with E-state index in [1.807, 2.05) is 0 Å². The number of nitrogens with zero attached hydrogens (tertiary/aromatic N) is 2. The number of aryl methyl sites for hydroxylation is 1. The van der Waals surface area contributed by atoms with Gasteiger partial charge >= 0.3 is 0 Å². The summed E-state index contributed by atoms with van der Waals surface area (Å²) >= 11 is 3.46. The molecule has 0 saturated heterocycles. The second kappa shape index (κ2) is 4.30. The van der Waals surface area contributed by atoms with Crippen molar-refractivity contribution < 1.29 is 0 Å². The van der Waals surface area contributed by atoms with Gasteiger partial charge in [0.15, 0.2) is 0 Å². The largest absolute Gasteiger partial charge is 0.334 e. The highest BCUT2D eigenvalue weighted by Gasteiger charge is 2.17. The average Bonchev–Trinajstić information content (AvgIpc) is 2.72. The summed E-state index contributed by atoms with van der Waals surface area (Å²) in [6, 6.07) is 8.36. The zero-order chi connectivity index (χ0) is 11.8. The minimum Gasteiger partial charge on any atom is -0.334 e. The van der Waals surface area contributed by atoms with Crippen molar-refractivity contribution >= 4 is 15.9 Å². The summed E-state index contributed by atoms with van der Waals surface area (Å²) in [6.07, 6.45) is 4.56. The Morgan fingerprint density at radius 1 is 1.29 bits per heavy atom. The Balaban J connectivity index is 1.97. The summed E-state index contributed by atoms with van der Waals surface area (Å²) < 4.78 is 3.42. The summed E-state index contributed by atoms with van der Waals surface area (Å²) in [6.45, 7) is 3.42. The fraction of sp³-hybridized carbons (Fsp3) is 0.357. The van der Waals surface area contributed by atoms with E-state index in [0.717, 1.165) is 29.1 Å². The lowest BCUT2D eigenvalue weighted by Crippen LogP contribution is -2.17. The van der Waals surface area contributed by atoms with Gasteiger partial charge in [0.05, 0.1) is 5.69 Å². The Bertz CT molecular complexity index is 528. The van der Waals surface area contributed by atoms with E-state index in [1.165, 1.54) is 17.8 Å². The van der Waals surface area contributed by atoms with Crippen LogP contribution in [-0.2, 0) is 13.0 Å². The molecule has 88 valence electrons. The number of aromatic nitrogens is 2. The van der Waals surface area contributed by atoms with Crippen LogP contribution in [0.15, 0.2) is 34.9 Å². The first kappa shape index (κ1) is 11.0. The third-order valence-electron chi connectivity index (χ3n) is 3.37. The molecule has 2 aromatic rings. The highest BCUT2D eigenvalue weighted by molar-refractivity contribution is 9.10. The van der Waals surface area contributed by atoms with Crippen molar-refractivity contribution in [3.63, 3.8) is 0 Å². The van der Waals surface area contributed by atoms with Crippen LogP contribution in [0.1, 0.15) is 19.2 Å². The molecular weight excluding hydrogens is 276 g/mol. The molecule has 3 heteroatoms. The van der Waals surface area contributed by atoms with Gasteiger partial charge in [0.1, 0.15) is 5.82 Å². The van der Waals surface area contributed by atoms with E-state index >= 15 is 0 Å². The zero-order valence-electron chi connectivity index (χ0n) is 9.86. The summed E-state index contributed by atoms with van der Waals surface area (Å²) in [4.78, 5) is 4.73. The predicted molar refractivity (Wildman–Crippen MR) is 72.8 cm³/mol. The van der Waals surface area contributed by atoms with E-state index in [4.69, 9.17) is 4.98 Å². The quantitative estimate of drug-likeness (QED) is 0.779. The molecule has 1 aliphatic heterocycles. The molecule has 1 aromatic carbocycles. The van der Waals surface area contributed by atoms with Gasteiger partial charge in [-0.3, -0.25) is 0 Å². The van der Waals surface area contributed by atoms with Crippen LogP contribution in [-0.4, -0.2) is 9.55 Å². The minimum atomic E-state index is 0.773. The van der Waals surface area contributed by atoms with Gasteiger partial charge < -0.3 is 4.57 Å². The highest BCUT2D eigenvalue weighted by atomic mass is 79.9.